The predicted octanol–water partition coefficient (Wildman–Crippen LogP) is 2.77. The van der Waals surface area contributed by atoms with Gasteiger partial charge in [0.2, 0.25) is 0 Å². The summed E-state index contributed by atoms with van der Waals surface area (Å²) >= 11 is 0. The van der Waals surface area contributed by atoms with Gasteiger partial charge in [0.15, 0.2) is 0 Å². The summed E-state index contributed by atoms with van der Waals surface area (Å²) in [4.78, 5) is 24.9. The molecule has 0 aromatic heterocycles. The number of aliphatic carboxylic acids is 1. The third-order valence-electron chi connectivity index (χ3n) is 4.20. The number of ether oxygens (including phenoxy) is 2. The molecule has 7 heteroatoms. The van der Waals surface area contributed by atoms with Gasteiger partial charge in [-0.15, -0.1) is 0 Å². The lowest BCUT2D eigenvalue weighted by atomic mass is 10.00. The number of amides is 2. The molecule has 7 nitrogen and oxygen atoms in total. The second-order valence-electron chi connectivity index (χ2n) is 6.15. The van der Waals surface area contributed by atoms with Crippen molar-refractivity contribution in [2.75, 3.05) is 32.6 Å². The van der Waals surface area contributed by atoms with E-state index in [-0.39, 0.29) is 18.5 Å². The zero-order valence-corrected chi connectivity index (χ0v) is 14.5. The molecule has 1 atom stereocenters. The van der Waals surface area contributed by atoms with Gasteiger partial charge in [0.25, 0.3) is 0 Å². The largest absolute Gasteiger partial charge is 0.496 e. The standard InChI is InChI=1S/C17H24N2O5/c1-10(2)15-13(23-3)7-12(8-14(15)24-4)18-17(22)19-6-5-11(9-19)16(20)21/h7-8,10-11H,5-6,9H2,1-4H3,(H,18,22)(H,20,21). The topological polar surface area (TPSA) is 88.1 Å². The van der Waals surface area contributed by atoms with Crippen molar-refractivity contribution in [3.05, 3.63) is 17.7 Å². The van der Waals surface area contributed by atoms with Crippen LogP contribution in [0.2, 0.25) is 0 Å². The summed E-state index contributed by atoms with van der Waals surface area (Å²) < 4.78 is 10.8. The van der Waals surface area contributed by atoms with Gasteiger partial charge in [0.1, 0.15) is 11.5 Å². The van der Waals surface area contributed by atoms with E-state index in [1.54, 1.807) is 26.4 Å². The van der Waals surface area contributed by atoms with Crippen molar-refractivity contribution >= 4 is 17.7 Å². The van der Waals surface area contributed by atoms with Gasteiger partial charge in [-0.2, -0.15) is 0 Å². The summed E-state index contributed by atoms with van der Waals surface area (Å²) in [6, 6.07) is 3.18. The number of carbonyl (C=O) groups excluding carboxylic acids is 1. The van der Waals surface area contributed by atoms with E-state index in [2.05, 4.69) is 5.32 Å². The fourth-order valence-corrected chi connectivity index (χ4v) is 2.93. The molecular formula is C17H24N2O5. The van der Waals surface area contributed by atoms with Crippen LogP contribution in [-0.2, 0) is 4.79 Å². The second kappa shape index (κ2) is 7.42. The maximum atomic E-state index is 12.3. The Bertz CT molecular complexity index is 604. The predicted molar refractivity (Wildman–Crippen MR) is 90.0 cm³/mol. The minimum Gasteiger partial charge on any atom is -0.496 e. The van der Waals surface area contributed by atoms with Crippen LogP contribution in [0.3, 0.4) is 0 Å². The second-order valence-corrected chi connectivity index (χ2v) is 6.15. The smallest absolute Gasteiger partial charge is 0.321 e. The Balaban J connectivity index is 2.18. The highest BCUT2D eigenvalue weighted by Crippen LogP contribution is 2.38. The molecule has 0 spiro atoms. The van der Waals surface area contributed by atoms with Crippen molar-refractivity contribution in [2.45, 2.75) is 26.2 Å². The molecule has 1 aliphatic heterocycles. The molecule has 2 amide bonds. The number of nitrogens with zero attached hydrogens (tertiary/aromatic N) is 1. The van der Waals surface area contributed by atoms with Crippen LogP contribution in [0.1, 0.15) is 31.7 Å². The van der Waals surface area contributed by atoms with Gasteiger partial charge in [-0.3, -0.25) is 4.79 Å². The number of urea groups is 1. The number of methoxy groups -OCH3 is 2. The molecule has 1 aromatic carbocycles. The molecule has 0 radical (unpaired) electrons. The normalized spacial score (nSPS) is 17.0. The van der Waals surface area contributed by atoms with Gasteiger partial charge in [-0.1, -0.05) is 13.8 Å². The van der Waals surface area contributed by atoms with Crippen LogP contribution in [0.25, 0.3) is 0 Å². The summed E-state index contributed by atoms with van der Waals surface area (Å²) in [6.07, 6.45) is 0.474. The van der Waals surface area contributed by atoms with E-state index in [0.29, 0.717) is 30.2 Å². The Morgan fingerprint density at radius 3 is 2.25 bits per heavy atom. The minimum atomic E-state index is -0.866. The Morgan fingerprint density at radius 1 is 1.25 bits per heavy atom. The van der Waals surface area contributed by atoms with Gasteiger partial charge in [-0.05, 0) is 12.3 Å². The average molecular weight is 336 g/mol. The zero-order chi connectivity index (χ0) is 17.9. The lowest BCUT2D eigenvalue weighted by Crippen LogP contribution is -2.33. The summed E-state index contributed by atoms with van der Waals surface area (Å²) in [5, 5.41) is 11.8. The molecule has 132 valence electrons. The van der Waals surface area contributed by atoms with E-state index in [1.807, 2.05) is 13.8 Å². The first-order chi connectivity index (χ1) is 11.4. The zero-order valence-electron chi connectivity index (χ0n) is 14.5. The number of anilines is 1. The number of carboxylic acid groups (broad SMARTS) is 1. The molecule has 1 aromatic rings. The van der Waals surface area contributed by atoms with E-state index in [9.17, 15) is 9.59 Å². The molecule has 2 rings (SSSR count). The SMILES string of the molecule is COc1cc(NC(=O)N2CCC(C(=O)O)C2)cc(OC)c1C(C)C. The average Bonchev–Trinajstić information content (AvgIpc) is 3.03. The lowest BCUT2D eigenvalue weighted by Gasteiger charge is -2.20. The van der Waals surface area contributed by atoms with Crippen molar-refractivity contribution in [3.63, 3.8) is 0 Å². The van der Waals surface area contributed by atoms with Crippen molar-refractivity contribution < 1.29 is 24.2 Å². The first kappa shape index (κ1) is 17.9. The third kappa shape index (κ3) is 3.72. The first-order valence-electron chi connectivity index (χ1n) is 7.92. The molecule has 2 N–H and O–H groups in total. The number of benzene rings is 1. The van der Waals surface area contributed by atoms with Crippen molar-refractivity contribution in [1.82, 2.24) is 4.90 Å². The Morgan fingerprint density at radius 2 is 1.83 bits per heavy atom. The number of hydrogen-bond acceptors (Lipinski definition) is 4. The highest BCUT2D eigenvalue weighted by Gasteiger charge is 2.31. The molecular weight excluding hydrogens is 312 g/mol. The van der Waals surface area contributed by atoms with Gasteiger partial charge in [-0.25, -0.2) is 4.79 Å². The van der Waals surface area contributed by atoms with E-state index >= 15 is 0 Å². The highest BCUT2D eigenvalue weighted by atomic mass is 16.5. The number of hydrogen-bond donors (Lipinski definition) is 2. The fourth-order valence-electron chi connectivity index (χ4n) is 2.93. The molecule has 1 heterocycles. The van der Waals surface area contributed by atoms with E-state index < -0.39 is 11.9 Å². The van der Waals surface area contributed by atoms with Crippen molar-refractivity contribution in [2.24, 2.45) is 5.92 Å². The van der Waals surface area contributed by atoms with Crippen LogP contribution in [-0.4, -0.2) is 49.3 Å². The monoisotopic (exact) mass is 336 g/mol. The van der Waals surface area contributed by atoms with Crippen LogP contribution >= 0.6 is 0 Å². The Labute approximate surface area is 141 Å². The molecule has 0 aliphatic carbocycles. The van der Waals surface area contributed by atoms with Crippen LogP contribution in [0.4, 0.5) is 10.5 Å². The molecule has 24 heavy (non-hydrogen) atoms. The molecule has 0 saturated carbocycles. The maximum absolute atomic E-state index is 12.3. The minimum absolute atomic E-state index is 0.203. The Hall–Kier alpha value is -2.44. The van der Waals surface area contributed by atoms with Gasteiger partial charge >= 0.3 is 12.0 Å². The van der Waals surface area contributed by atoms with Crippen LogP contribution in [0, 0.1) is 5.92 Å². The van der Waals surface area contributed by atoms with Gasteiger partial charge in [0.05, 0.1) is 20.1 Å². The Kier molecular flexibility index (Phi) is 5.54. The quantitative estimate of drug-likeness (QED) is 0.863. The van der Waals surface area contributed by atoms with E-state index in [0.717, 1.165) is 5.56 Å². The van der Waals surface area contributed by atoms with Gasteiger partial charge < -0.3 is 24.8 Å². The third-order valence-corrected chi connectivity index (χ3v) is 4.20. The lowest BCUT2D eigenvalue weighted by molar-refractivity contribution is -0.141. The van der Waals surface area contributed by atoms with Crippen molar-refractivity contribution in [1.29, 1.82) is 0 Å². The number of likely N-dealkylation sites (tertiary alicyclic amines) is 1. The summed E-state index contributed by atoms with van der Waals surface area (Å²) in [5.41, 5.74) is 1.49. The fraction of sp³-hybridized carbons (Fsp3) is 0.529. The van der Waals surface area contributed by atoms with Gasteiger partial charge in [0, 0.05) is 36.5 Å². The summed E-state index contributed by atoms with van der Waals surface area (Å²) in [5.74, 6) is 0.126. The van der Waals surface area contributed by atoms with Crippen LogP contribution in [0.5, 0.6) is 11.5 Å². The number of nitrogens with one attached hydrogen (secondary N) is 1. The highest BCUT2D eigenvalue weighted by molar-refractivity contribution is 5.90. The molecule has 1 unspecified atom stereocenters. The van der Waals surface area contributed by atoms with E-state index in [4.69, 9.17) is 14.6 Å². The summed E-state index contributed by atoms with van der Waals surface area (Å²) in [6.45, 7) is 4.73. The molecule has 1 aliphatic rings. The molecule has 1 saturated heterocycles. The van der Waals surface area contributed by atoms with Crippen molar-refractivity contribution in [3.8, 4) is 11.5 Å². The van der Waals surface area contributed by atoms with E-state index in [1.165, 1.54) is 4.90 Å². The number of carbonyl (C=O) groups is 2. The number of rotatable bonds is 5. The van der Waals surface area contributed by atoms with Crippen LogP contribution < -0.4 is 14.8 Å². The van der Waals surface area contributed by atoms with Crippen LogP contribution in [0.15, 0.2) is 12.1 Å². The molecule has 1 fully saturated rings. The first-order valence-corrected chi connectivity index (χ1v) is 7.92. The summed E-state index contributed by atoms with van der Waals surface area (Å²) in [7, 11) is 3.15. The maximum Gasteiger partial charge on any atom is 0.321 e. The number of carboxylic acids is 1. The molecule has 0 bridgehead atoms.